The number of nitrogens with zero attached hydrogens (tertiary/aromatic N) is 1. The van der Waals surface area contributed by atoms with Crippen LogP contribution in [0.4, 0.5) is 4.79 Å². The molecule has 0 radical (unpaired) electrons. The largest absolute Gasteiger partial charge is 0.444 e. The minimum Gasteiger partial charge on any atom is -0.444 e. The highest BCUT2D eigenvalue weighted by atomic mass is 79.9. The van der Waals surface area contributed by atoms with Crippen LogP contribution in [-0.2, 0) is 11.3 Å². The van der Waals surface area contributed by atoms with Crippen molar-refractivity contribution in [3.63, 3.8) is 0 Å². The molecule has 0 aromatic heterocycles. The summed E-state index contributed by atoms with van der Waals surface area (Å²) in [5.74, 6) is 0.489. The first kappa shape index (κ1) is 18.3. The van der Waals surface area contributed by atoms with Gasteiger partial charge in [0.2, 0.25) is 0 Å². The lowest BCUT2D eigenvalue weighted by molar-refractivity contribution is 0.0166. The first-order chi connectivity index (χ1) is 10.8. The molecule has 23 heavy (non-hydrogen) atoms. The number of halogens is 1. The molecule has 1 saturated heterocycles. The number of piperidine rings is 1. The molecule has 1 aliphatic heterocycles. The Hall–Kier alpha value is -1.07. The topological polar surface area (TPSA) is 41.6 Å². The number of amides is 1. The van der Waals surface area contributed by atoms with Crippen molar-refractivity contribution >= 4 is 22.0 Å². The van der Waals surface area contributed by atoms with Crippen molar-refractivity contribution in [1.82, 2.24) is 10.2 Å². The zero-order valence-corrected chi connectivity index (χ0v) is 15.9. The van der Waals surface area contributed by atoms with E-state index in [-0.39, 0.29) is 6.09 Å². The maximum absolute atomic E-state index is 12.2. The van der Waals surface area contributed by atoms with Gasteiger partial charge < -0.3 is 15.0 Å². The van der Waals surface area contributed by atoms with Crippen molar-refractivity contribution in [1.29, 1.82) is 0 Å². The Morgan fingerprint density at radius 3 is 2.91 bits per heavy atom. The summed E-state index contributed by atoms with van der Waals surface area (Å²) in [6.45, 7) is 9.08. The first-order valence-corrected chi connectivity index (χ1v) is 9.06. The summed E-state index contributed by atoms with van der Waals surface area (Å²) >= 11 is 3.49. The highest BCUT2D eigenvalue weighted by Crippen LogP contribution is 2.19. The van der Waals surface area contributed by atoms with Crippen LogP contribution in [0.3, 0.4) is 0 Å². The number of carbonyl (C=O) groups is 1. The molecular weight excluding hydrogens is 356 g/mol. The number of rotatable bonds is 4. The van der Waals surface area contributed by atoms with Crippen molar-refractivity contribution in [3.8, 4) is 0 Å². The summed E-state index contributed by atoms with van der Waals surface area (Å²) in [4.78, 5) is 14.0. The van der Waals surface area contributed by atoms with Crippen LogP contribution in [0, 0.1) is 5.92 Å². The summed E-state index contributed by atoms with van der Waals surface area (Å²) in [6, 6.07) is 8.32. The molecule has 4 nitrogen and oxygen atoms in total. The normalized spacial score (nSPS) is 18.8. The van der Waals surface area contributed by atoms with E-state index in [1.54, 1.807) is 0 Å². The molecule has 1 heterocycles. The zero-order chi connectivity index (χ0) is 16.9. The lowest BCUT2D eigenvalue weighted by atomic mass is 9.98. The van der Waals surface area contributed by atoms with E-state index in [4.69, 9.17) is 4.74 Å². The Kier molecular flexibility index (Phi) is 6.48. The van der Waals surface area contributed by atoms with Gasteiger partial charge in [0.05, 0.1) is 0 Å². The summed E-state index contributed by atoms with van der Waals surface area (Å²) in [5.41, 5.74) is 0.836. The van der Waals surface area contributed by atoms with Gasteiger partial charge in [-0.25, -0.2) is 4.79 Å². The minimum absolute atomic E-state index is 0.186. The molecule has 2 rings (SSSR count). The van der Waals surface area contributed by atoms with E-state index in [0.717, 1.165) is 43.5 Å². The first-order valence-electron chi connectivity index (χ1n) is 8.26. The highest BCUT2D eigenvalue weighted by molar-refractivity contribution is 9.10. The fraction of sp³-hybridized carbons (Fsp3) is 0.611. The number of benzene rings is 1. The van der Waals surface area contributed by atoms with Gasteiger partial charge in [-0.05, 0) is 63.8 Å². The molecule has 1 unspecified atom stereocenters. The molecule has 1 fully saturated rings. The van der Waals surface area contributed by atoms with Crippen LogP contribution >= 0.6 is 15.9 Å². The van der Waals surface area contributed by atoms with E-state index < -0.39 is 5.60 Å². The second kappa shape index (κ2) is 8.15. The summed E-state index contributed by atoms with van der Waals surface area (Å²) in [7, 11) is 0. The number of hydrogen-bond donors (Lipinski definition) is 1. The maximum atomic E-state index is 12.2. The number of nitrogens with one attached hydrogen (secondary N) is 1. The summed E-state index contributed by atoms with van der Waals surface area (Å²) in [6.07, 6.45) is 2.02. The second-order valence-electron chi connectivity index (χ2n) is 7.20. The highest BCUT2D eigenvalue weighted by Gasteiger charge is 2.27. The van der Waals surface area contributed by atoms with E-state index in [9.17, 15) is 4.79 Å². The number of likely N-dealkylation sites (tertiary alicyclic amines) is 1. The van der Waals surface area contributed by atoms with Crippen LogP contribution in [0.5, 0.6) is 0 Å². The maximum Gasteiger partial charge on any atom is 0.410 e. The predicted molar refractivity (Wildman–Crippen MR) is 96.4 cm³/mol. The molecular formula is C18H27BrN2O2. The van der Waals surface area contributed by atoms with E-state index >= 15 is 0 Å². The van der Waals surface area contributed by atoms with Gasteiger partial charge in [0.15, 0.2) is 0 Å². The number of ether oxygens (including phenoxy) is 1. The van der Waals surface area contributed by atoms with Crippen LogP contribution in [0.15, 0.2) is 28.7 Å². The van der Waals surface area contributed by atoms with Crippen LogP contribution in [0.25, 0.3) is 0 Å². The number of carbonyl (C=O) groups excluding carboxylic acids is 1. The molecule has 1 aromatic rings. The van der Waals surface area contributed by atoms with Gasteiger partial charge in [-0.15, -0.1) is 0 Å². The van der Waals surface area contributed by atoms with Gasteiger partial charge in [0.1, 0.15) is 5.60 Å². The third-order valence-corrected chi connectivity index (χ3v) is 4.32. The van der Waals surface area contributed by atoms with Crippen LogP contribution in [-0.4, -0.2) is 36.2 Å². The molecule has 0 saturated carbocycles. The average molecular weight is 383 g/mol. The van der Waals surface area contributed by atoms with Crippen molar-refractivity contribution in [2.24, 2.45) is 5.92 Å². The monoisotopic (exact) mass is 382 g/mol. The molecule has 0 spiro atoms. The standard InChI is InChI=1S/C18H27BrN2O2/c1-18(2,3)23-17(22)21-9-5-7-15(13-21)12-20-11-14-6-4-8-16(19)10-14/h4,6,8,10,15,20H,5,7,9,11-13H2,1-3H3. The fourth-order valence-corrected chi connectivity index (χ4v) is 3.24. The lowest BCUT2D eigenvalue weighted by Gasteiger charge is -2.34. The smallest absolute Gasteiger partial charge is 0.410 e. The van der Waals surface area contributed by atoms with Gasteiger partial charge in [-0.3, -0.25) is 0 Å². The van der Waals surface area contributed by atoms with Crippen LogP contribution in [0.1, 0.15) is 39.2 Å². The van der Waals surface area contributed by atoms with Crippen LogP contribution in [0.2, 0.25) is 0 Å². The van der Waals surface area contributed by atoms with Gasteiger partial charge in [0, 0.05) is 24.1 Å². The minimum atomic E-state index is -0.428. The van der Waals surface area contributed by atoms with E-state index in [1.807, 2.05) is 37.8 Å². The summed E-state index contributed by atoms with van der Waals surface area (Å²) in [5, 5.41) is 3.51. The fourth-order valence-electron chi connectivity index (χ4n) is 2.79. The molecule has 0 bridgehead atoms. The molecule has 128 valence electrons. The SMILES string of the molecule is CC(C)(C)OC(=O)N1CCCC(CNCc2cccc(Br)c2)C1. The molecule has 1 atom stereocenters. The molecule has 5 heteroatoms. The quantitative estimate of drug-likeness (QED) is 0.848. The van der Waals surface area contributed by atoms with Gasteiger partial charge in [-0.1, -0.05) is 28.1 Å². The third kappa shape index (κ3) is 6.51. The molecule has 1 aliphatic rings. The van der Waals surface area contributed by atoms with Crippen molar-refractivity contribution < 1.29 is 9.53 Å². The Balaban J connectivity index is 1.76. The average Bonchev–Trinajstić information content (AvgIpc) is 2.46. The Morgan fingerprint density at radius 1 is 1.43 bits per heavy atom. The molecule has 1 N–H and O–H groups in total. The Bertz CT molecular complexity index is 528. The zero-order valence-electron chi connectivity index (χ0n) is 14.3. The predicted octanol–water partition coefficient (Wildman–Crippen LogP) is 4.19. The van der Waals surface area contributed by atoms with Crippen molar-refractivity contribution in [2.45, 2.75) is 45.8 Å². The second-order valence-corrected chi connectivity index (χ2v) is 8.11. The lowest BCUT2D eigenvalue weighted by Crippen LogP contribution is -2.44. The van der Waals surface area contributed by atoms with Crippen molar-refractivity contribution in [2.75, 3.05) is 19.6 Å². The summed E-state index contributed by atoms with van der Waals surface area (Å²) < 4.78 is 6.58. The van der Waals surface area contributed by atoms with Gasteiger partial charge >= 0.3 is 6.09 Å². The van der Waals surface area contributed by atoms with Gasteiger partial charge in [-0.2, -0.15) is 0 Å². The van der Waals surface area contributed by atoms with E-state index in [0.29, 0.717) is 5.92 Å². The van der Waals surface area contributed by atoms with Crippen LogP contribution < -0.4 is 5.32 Å². The Morgan fingerprint density at radius 2 is 2.22 bits per heavy atom. The van der Waals surface area contributed by atoms with Gasteiger partial charge in [0.25, 0.3) is 0 Å². The molecule has 1 amide bonds. The molecule has 0 aliphatic carbocycles. The number of hydrogen-bond acceptors (Lipinski definition) is 3. The van der Waals surface area contributed by atoms with Crippen molar-refractivity contribution in [3.05, 3.63) is 34.3 Å². The Labute approximate surface area is 147 Å². The van der Waals surface area contributed by atoms with E-state index in [2.05, 4.69) is 33.4 Å². The third-order valence-electron chi connectivity index (χ3n) is 3.82. The molecule has 1 aromatic carbocycles. The van der Waals surface area contributed by atoms with E-state index in [1.165, 1.54) is 5.56 Å².